The number of likely N-dealkylation sites (N-methyl/N-ethyl adjacent to an activating group) is 1. The lowest BCUT2D eigenvalue weighted by molar-refractivity contribution is -0.145. The van der Waals surface area contributed by atoms with Crippen LogP contribution in [0.25, 0.3) is 0 Å². The van der Waals surface area contributed by atoms with E-state index in [4.69, 9.17) is 0 Å². The van der Waals surface area contributed by atoms with Crippen molar-refractivity contribution in [2.24, 2.45) is 0 Å². The zero-order valence-electron chi connectivity index (χ0n) is 12.2. The van der Waals surface area contributed by atoms with Crippen LogP contribution < -0.4 is 5.32 Å². The molecule has 2 fully saturated rings. The highest BCUT2D eigenvalue weighted by Crippen LogP contribution is 2.25. The summed E-state index contributed by atoms with van der Waals surface area (Å²) in [6.07, 6.45) is 3.17. The third kappa shape index (κ3) is 2.85. The smallest absolute Gasteiger partial charge is 0.245 e. The van der Waals surface area contributed by atoms with Crippen LogP contribution in [0.2, 0.25) is 0 Å². The summed E-state index contributed by atoms with van der Waals surface area (Å²) in [4.78, 5) is 39.6. The monoisotopic (exact) mass is 281 g/mol. The minimum Gasteiger partial charge on any atom is -0.331 e. The van der Waals surface area contributed by atoms with Gasteiger partial charge in [-0.1, -0.05) is 0 Å². The summed E-state index contributed by atoms with van der Waals surface area (Å²) < 4.78 is 0. The standard InChI is InChI=1S/C14H23N3O3/c1-10(18)11-5-3-8-17(11)14(20)12-6-4-7-16(12)13(19)9-15-2/h11-12,15H,3-9H2,1-2H3. The largest absolute Gasteiger partial charge is 0.331 e. The lowest BCUT2D eigenvalue weighted by atomic mass is 10.1. The van der Waals surface area contributed by atoms with Gasteiger partial charge in [0.1, 0.15) is 6.04 Å². The number of hydrogen-bond acceptors (Lipinski definition) is 4. The Morgan fingerprint density at radius 3 is 2.25 bits per heavy atom. The Morgan fingerprint density at radius 2 is 1.65 bits per heavy atom. The second-order valence-corrected chi connectivity index (χ2v) is 5.58. The average Bonchev–Trinajstić information content (AvgIpc) is 3.07. The van der Waals surface area contributed by atoms with Crippen molar-refractivity contribution >= 4 is 17.6 Å². The van der Waals surface area contributed by atoms with E-state index in [1.165, 1.54) is 6.92 Å². The zero-order chi connectivity index (χ0) is 14.7. The highest BCUT2D eigenvalue weighted by Gasteiger charge is 2.40. The summed E-state index contributed by atoms with van der Waals surface area (Å²) in [5.41, 5.74) is 0. The van der Waals surface area contributed by atoms with E-state index in [1.54, 1.807) is 16.8 Å². The minimum absolute atomic E-state index is 0.0399. The Balaban J connectivity index is 2.07. The van der Waals surface area contributed by atoms with Gasteiger partial charge in [-0.25, -0.2) is 0 Å². The molecule has 0 radical (unpaired) electrons. The molecule has 2 atom stereocenters. The summed E-state index contributed by atoms with van der Waals surface area (Å²) >= 11 is 0. The quantitative estimate of drug-likeness (QED) is 0.773. The molecule has 2 unspecified atom stereocenters. The lowest BCUT2D eigenvalue weighted by Crippen LogP contribution is -2.51. The Bertz CT molecular complexity index is 410. The van der Waals surface area contributed by atoms with Crippen molar-refractivity contribution in [3.05, 3.63) is 0 Å². The van der Waals surface area contributed by atoms with E-state index in [9.17, 15) is 14.4 Å². The maximum Gasteiger partial charge on any atom is 0.245 e. The number of nitrogens with zero attached hydrogens (tertiary/aromatic N) is 2. The normalized spacial score (nSPS) is 26.1. The van der Waals surface area contributed by atoms with Crippen molar-refractivity contribution in [1.82, 2.24) is 15.1 Å². The number of likely N-dealkylation sites (tertiary alicyclic amines) is 2. The first kappa shape index (κ1) is 15.0. The first-order chi connectivity index (χ1) is 9.56. The van der Waals surface area contributed by atoms with Gasteiger partial charge in [-0.3, -0.25) is 14.4 Å². The van der Waals surface area contributed by atoms with Crippen molar-refractivity contribution in [2.45, 2.75) is 44.7 Å². The SMILES string of the molecule is CNCC(=O)N1CCCC1C(=O)N1CCCC1C(C)=O. The average molecular weight is 281 g/mol. The van der Waals surface area contributed by atoms with E-state index in [-0.39, 0.29) is 36.2 Å². The van der Waals surface area contributed by atoms with Crippen LogP contribution in [0.15, 0.2) is 0 Å². The number of carbonyl (C=O) groups excluding carboxylic acids is 3. The van der Waals surface area contributed by atoms with E-state index in [0.717, 1.165) is 19.3 Å². The van der Waals surface area contributed by atoms with Crippen LogP contribution in [0, 0.1) is 0 Å². The number of hydrogen-bond donors (Lipinski definition) is 1. The van der Waals surface area contributed by atoms with Crippen molar-refractivity contribution in [3.8, 4) is 0 Å². The number of Topliss-reactive ketones (excluding diaryl/α,β-unsaturated/α-hetero) is 1. The predicted octanol–water partition coefficient (Wildman–Crippen LogP) is -0.223. The van der Waals surface area contributed by atoms with Crippen LogP contribution in [0.3, 0.4) is 0 Å². The summed E-state index contributed by atoms with van der Waals surface area (Å²) in [6, 6.07) is -0.667. The van der Waals surface area contributed by atoms with Gasteiger partial charge in [-0.05, 0) is 39.7 Å². The molecule has 20 heavy (non-hydrogen) atoms. The molecule has 6 heteroatoms. The van der Waals surface area contributed by atoms with Crippen LogP contribution >= 0.6 is 0 Å². The van der Waals surface area contributed by atoms with Gasteiger partial charge in [0.2, 0.25) is 11.8 Å². The summed E-state index contributed by atoms with van der Waals surface area (Å²) in [5.74, 6) is -0.0477. The third-order valence-corrected chi connectivity index (χ3v) is 4.19. The molecule has 112 valence electrons. The summed E-state index contributed by atoms with van der Waals surface area (Å²) in [5, 5.41) is 2.83. The van der Waals surface area contributed by atoms with E-state index in [1.807, 2.05) is 0 Å². The minimum atomic E-state index is -0.379. The Kier molecular flexibility index (Phi) is 4.75. The van der Waals surface area contributed by atoms with Crippen molar-refractivity contribution in [1.29, 1.82) is 0 Å². The Labute approximate surface area is 119 Å². The molecule has 1 N–H and O–H groups in total. The number of rotatable bonds is 4. The van der Waals surface area contributed by atoms with Gasteiger partial charge in [0, 0.05) is 13.1 Å². The molecule has 0 aliphatic carbocycles. The van der Waals surface area contributed by atoms with Crippen molar-refractivity contribution < 1.29 is 14.4 Å². The predicted molar refractivity (Wildman–Crippen MR) is 74.1 cm³/mol. The van der Waals surface area contributed by atoms with Crippen LogP contribution in [0.4, 0.5) is 0 Å². The van der Waals surface area contributed by atoms with Crippen molar-refractivity contribution in [2.75, 3.05) is 26.7 Å². The van der Waals surface area contributed by atoms with Crippen LogP contribution in [0.5, 0.6) is 0 Å². The molecule has 6 nitrogen and oxygen atoms in total. The van der Waals surface area contributed by atoms with Crippen LogP contribution in [-0.4, -0.2) is 66.2 Å². The molecule has 0 bridgehead atoms. The number of amides is 2. The molecule has 2 heterocycles. The van der Waals surface area contributed by atoms with E-state index >= 15 is 0 Å². The van der Waals surface area contributed by atoms with E-state index < -0.39 is 0 Å². The maximum absolute atomic E-state index is 12.6. The van der Waals surface area contributed by atoms with Crippen LogP contribution in [0.1, 0.15) is 32.6 Å². The summed E-state index contributed by atoms with van der Waals surface area (Å²) in [7, 11) is 1.72. The molecule has 2 amide bonds. The second-order valence-electron chi connectivity index (χ2n) is 5.58. The van der Waals surface area contributed by atoms with E-state index in [0.29, 0.717) is 19.5 Å². The molecular formula is C14H23N3O3. The number of nitrogens with one attached hydrogen (secondary N) is 1. The maximum atomic E-state index is 12.6. The molecular weight excluding hydrogens is 258 g/mol. The van der Waals surface area contributed by atoms with E-state index in [2.05, 4.69) is 5.32 Å². The van der Waals surface area contributed by atoms with Gasteiger partial charge in [0.25, 0.3) is 0 Å². The molecule has 0 aromatic carbocycles. The van der Waals surface area contributed by atoms with Gasteiger partial charge in [-0.2, -0.15) is 0 Å². The van der Waals surface area contributed by atoms with Gasteiger partial charge in [-0.15, -0.1) is 0 Å². The highest BCUT2D eigenvalue weighted by atomic mass is 16.2. The van der Waals surface area contributed by atoms with Gasteiger partial charge in [0.15, 0.2) is 5.78 Å². The number of carbonyl (C=O) groups is 3. The molecule has 2 aliphatic heterocycles. The Hall–Kier alpha value is -1.43. The fourth-order valence-electron chi connectivity index (χ4n) is 3.22. The molecule has 2 aliphatic rings. The number of ketones is 1. The molecule has 0 aromatic rings. The summed E-state index contributed by atoms with van der Waals surface area (Å²) in [6.45, 7) is 3.05. The van der Waals surface area contributed by atoms with Gasteiger partial charge >= 0.3 is 0 Å². The molecule has 2 rings (SSSR count). The fourth-order valence-corrected chi connectivity index (χ4v) is 3.22. The fraction of sp³-hybridized carbons (Fsp3) is 0.786. The van der Waals surface area contributed by atoms with Gasteiger partial charge < -0.3 is 15.1 Å². The highest BCUT2D eigenvalue weighted by molar-refractivity contribution is 5.93. The molecule has 0 spiro atoms. The first-order valence-electron chi connectivity index (χ1n) is 7.31. The third-order valence-electron chi connectivity index (χ3n) is 4.19. The molecule has 2 saturated heterocycles. The van der Waals surface area contributed by atoms with Crippen LogP contribution in [-0.2, 0) is 14.4 Å². The Morgan fingerprint density at radius 1 is 1.05 bits per heavy atom. The first-order valence-corrected chi connectivity index (χ1v) is 7.31. The second kappa shape index (κ2) is 6.35. The molecule has 0 saturated carbocycles. The topological polar surface area (TPSA) is 69.7 Å². The van der Waals surface area contributed by atoms with Crippen molar-refractivity contribution in [3.63, 3.8) is 0 Å². The molecule has 0 aromatic heterocycles. The lowest BCUT2D eigenvalue weighted by Gasteiger charge is -2.30. The van der Waals surface area contributed by atoms with Gasteiger partial charge in [0.05, 0.1) is 12.6 Å². The zero-order valence-corrected chi connectivity index (χ0v) is 12.2.